The van der Waals surface area contributed by atoms with Gasteiger partial charge in [0, 0.05) is 12.8 Å². The van der Waals surface area contributed by atoms with Crippen LogP contribution in [0.25, 0.3) is 0 Å². The van der Waals surface area contributed by atoms with Crippen molar-refractivity contribution in [2.75, 3.05) is 13.2 Å². The average Bonchev–Trinajstić information content (AvgIpc) is 3.47. The molecule has 0 aliphatic heterocycles. The van der Waals surface area contributed by atoms with Gasteiger partial charge in [-0.3, -0.25) is 9.59 Å². The molecule has 0 aliphatic carbocycles. The first-order chi connectivity index (χ1) is 40.0. The Labute approximate surface area is 506 Å². The summed E-state index contributed by atoms with van der Waals surface area (Å²) in [6, 6.07) is -0.626. The van der Waals surface area contributed by atoms with Crippen LogP contribution >= 0.6 is 0 Å². The first-order valence-electron chi connectivity index (χ1n) is 36.8. The van der Waals surface area contributed by atoms with E-state index in [2.05, 4.69) is 43.5 Å². The van der Waals surface area contributed by atoms with Gasteiger partial charge in [-0.25, -0.2) is 0 Å². The van der Waals surface area contributed by atoms with Gasteiger partial charge in [-0.15, -0.1) is 0 Å². The highest BCUT2D eigenvalue weighted by molar-refractivity contribution is 5.76. The second-order valence-electron chi connectivity index (χ2n) is 25.3. The third-order valence-electron chi connectivity index (χ3n) is 17.1. The zero-order chi connectivity index (χ0) is 58.5. The van der Waals surface area contributed by atoms with Crippen LogP contribution in [0.5, 0.6) is 0 Å². The Morgan fingerprint density at radius 3 is 0.877 bits per heavy atom. The molecule has 1 amide bonds. The molecule has 0 rings (SSSR count). The Hall–Kier alpha value is -1.92. The molecular formula is C75H143NO5. The molecule has 0 radical (unpaired) electrons. The number of carbonyl (C=O) groups is 2. The number of esters is 1. The minimum Gasteiger partial charge on any atom is -0.466 e. The number of hydrogen-bond acceptors (Lipinski definition) is 5. The van der Waals surface area contributed by atoms with Crippen molar-refractivity contribution in [3.05, 3.63) is 36.5 Å². The van der Waals surface area contributed by atoms with Gasteiger partial charge in [-0.2, -0.15) is 0 Å². The van der Waals surface area contributed by atoms with Crippen molar-refractivity contribution in [3.63, 3.8) is 0 Å². The predicted molar refractivity (Wildman–Crippen MR) is 356 cm³/mol. The van der Waals surface area contributed by atoms with E-state index in [4.69, 9.17) is 4.74 Å². The summed E-state index contributed by atoms with van der Waals surface area (Å²) in [5.41, 5.74) is 0. The minimum absolute atomic E-state index is 0.0109. The Kier molecular flexibility index (Phi) is 68.9. The first kappa shape index (κ1) is 79.1. The van der Waals surface area contributed by atoms with Crippen molar-refractivity contribution in [2.24, 2.45) is 0 Å². The van der Waals surface area contributed by atoms with E-state index in [9.17, 15) is 19.8 Å². The quantitative estimate of drug-likeness (QED) is 0.0320. The van der Waals surface area contributed by atoms with Crippen LogP contribution in [0.1, 0.15) is 406 Å². The molecule has 0 saturated heterocycles. The maximum atomic E-state index is 12.5. The van der Waals surface area contributed by atoms with Crippen molar-refractivity contribution in [3.8, 4) is 0 Å². The zero-order valence-corrected chi connectivity index (χ0v) is 54.8. The van der Waals surface area contributed by atoms with E-state index in [-0.39, 0.29) is 18.5 Å². The van der Waals surface area contributed by atoms with Crippen molar-refractivity contribution in [2.45, 2.75) is 418 Å². The fourth-order valence-electron chi connectivity index (χ4n) is 11.5. The fourth-order valence-corrected chi connectivity index (χ4v) is 11.5. The van der Waals surface area contributed by atoms with E-state index in [1.54, 1.807) is 6.08 Å². The molecule has 6 heteroatoms. The molecule has 0 fully saturated rings. The summed E-state index contributed by atoms with van der Waals surface area (Å²) in [4.78, 5) is 24.6. The molecular weight excluding hydrogens is 995 g/mol. The van der Waals surface area contributed by atoms with Crippen LogP contribution in [0, 0.1) is 0 Å². The van der Waals surface area contributed by atoms with Gasteiger partial charge in [0.15, 0.2) is 0 Å². The summed E-state index contributed by atoms with van der Waals surface area (Å²) in [6.07, 6.45) is 91.0. The molecule has 0 bridgehead atoms. The van der Waals surface area contributed by atoms with Crippen LogP contribution in [-0.4, -0.2) is 47.4 Å². The SMILES string of the molecule is CCCCCCCC/C=C\CCCCCCCC(=O)OCCCCCCCCCCCCCC/C=C\CCCCCCCCCCCCCCCCCCCC(=O)NC(CO)C(O)/C=C/CCCCCCCCCCCCCCCC. The van der Waals surface area contributed by atoms with Crippen LogP contribution in [0.15, 0.2) is 36.5 Å². The number of nitrogens with one attached hydrogen (secondary N) is 1. The predicted octanol–water partition coefficient (Wildman–Crippen LogP) is 23.9. The Bertz CT molecular complexity index is 1310. The van der Waals surface area contributed by atoms with Gasteiger partial charge in [0.2, 0.25) is 5.91 Å². The van der Waals surface area contributed by atoms with Gasteiger partial charge in [0.05, 0.1) is 25.4 Å². The summed E-state index contributed by atoms with van der Waals surface area (Å²) in [5, 5.41) is 23.2. The van der Waals surface area contributed by atoms with Crippen LogP contribution < -0.4 is 5.32 Å². The second kappa shape index (κ2) is 70.6. The van der Waals surface area contributed by atoms with Crippen LogP contribution in [0.3, 0.4) is 0 Å². The third kappa shape index (κ3) is 67.1. The number of allylic oxidation sites excluding steroid dienone is 5. The Balaban J connectivity index is 3.36. The third-order valence-corrected chi connectivity index (χ3v) is 17.1. The lowest BCUT2D eigenvalue weighted by molar-refractivity contribution is -0.143. The number of rotatable bonds is 69. The van der Waals surface area contributed by atoms with Gasteiger partial charge in [0.25, 0.3) is 0 Å². The summed E-state index contributed by atoms with van der Waals surface area (Å²) < 4.78 is 5.49. The van der Waals surface area contributed by atoms with E-state index >= 15 is 0 Å². The average molecular weight is 1140 g/mol. The topological polar surface area (TPSA) is 95.9 Å². The summed E-state index contributed by atoms with van der Waals surface area (Å²) in [6.45, 7) is 4.93. The molecule has 6 nitrogen and oxygen atoms in total. The largest absolute Gasteiger partial charge is 0.466 e. The highest BCUT2D eigenvalue weighted by Gasteiger charge is 2.18. The number of unbranched alkanes of at least 4 members (excludes halogenated alkanes) is 54. The lowest BCUT2D eigenvalue weighted by Crippen LogP contribution is -2.45. The highest BCUT2D eigenvalue weighted by Crippen LogP contribution is 2.19. The molecule has 0 spiro atoms. The van der Waals surface area contributed by atoms with Gasteiger partial charge in [-0.05, 0) is 83.5 Å². The molecule has 0 heterocycles. The number of carbonyl (C=O) groups excluding carboxylic acids is 2. The lowest BCUT2D eigenvalue weighted by Gasteiger charge is -2.20. The smallest absolute Gasteiger partial charge is 0.305 e. The molecule has 3 N–H and O–H groups in total. The first-order valence-corrected chi connectivity index (χ1v) is 36.8. The number of aliphatic hydroxyl groups is 2. The highest BCUT2D eigenvalue weighted by atomic mass is 16.5. The summed E-state index contributed by atoms with van der Waals surface area (Å²) in [5.74, 6) is -0.0513. The molecule has 0 saturated carbocycles. The Morgan fingerprint density at radius 2 is 0.580 bits per heavy atom. The van der Waals surface area contributed by atoms with E-state index in [1.165, 1.54) is 334 Å². The van der Waals surface area contributed by atoms with Gasteiger partial charge < -0.3 is 20.3 Å². The molecule has 0 aliphatic rings. The van der Waals surface area contributed by atoms with Crippen LogP contribution in [0.2, 0.25) is 0 Å². The van der Waals surface area contributed by atoms with E-state index in [0.29, 0.717) is 19.4 Å². The van der Waals surface area contributed by atoms with E-state index in [0.717, 1.165) is 44.9 Å². The normalized spacial score (nSPS) is 12.7. The standard InChI is InChI=1S/C75H143NO5/c1-3-5-7-9-11-13-15-17-19-40-43-47-51-55-59-63-67-73(78)72(71-77)76-74(79)68-64-60-56-52-48-44-41-37-35-33-31-29-27-25-23-21-20-22-24-26-28-30-32-34-36-38-42-46-50-54-58-62-66-70-81-75(80)69-65-61-57-53-49-45-39-18-16-14-12-10-8-6-4-2/h18,24,26,39,63,67,72-73,77-78H,3-17,19-23,25,27-38,40-62,64-66,68-71H2,1-2H3,(H,76,79)/b26-24-,39-18-,67-63+. The van der Waals surface area contributed by atoms with Crippen molar-refractivity contribution in [1.82, 2.24) is 5.32 Å². The molecule has 0 aromatic rings. The summed E-state index contributed by atoms with van der Waals surface area (Å²) >= 11 is 0. The van der Waals surface area contributed by atoms with Gasteiger partial charge in [0.1, 0.15) is 0 Å². The van der Waals surface area contributed by atoms with Gasteiger partial charge in [-0.1, -0.05) is 346 Å². The van der Waals surface area contributed by atoms with E-state index in [1.807, 2.05) is 6.08 Å². The molecule has 2 atom stereocenters. The molecule has 478 valence electrons. The minimum atomic E-state index is -0.842. The zero-order valence-electron chi connectivity index (χ0n) is 54.8. The molecule has 2 unspecified atom stereocenters. The number of ether oxygens (including phenoxy) is 1. The van der Waals surface area contributed by atoms with Crippen molar-refractivity contribution < 1.29 is 24.5 Å². The number of amides is 1. The van der Waals surface area contributed by atoms with E-state index < -0.39 is 12.1 Å². The van der Waals surface area contributed by atoms with Crippen molar-refractivity contribution >= 4 is 11.9 Å². The monoisotopic (exact) mass is 1140 g/mol. The van der Waals surface area contributed by atoms with Crippen LogP contribution in [0.4, 0.5) is 0 Å². The lowest BCUT2D eigenvalue weighted by atomic mass is 10.0. The second-order valence-corrected chi connectivity index (χ2v) is 25.3. The molecule has 0 aromatic carbocycles. The number of aliphatic hydroxyl groups excluding tert-OH is 2. The Morgan fingerprint density at radius 1 is 0.333 bits per heavy atom. The molecule has 81 heavy (non-hydrogen) atoms. The fraction of sp³-hybridized carbons (Fsp3) is 0.893. The summed E-state index contributed by atoms with van der Waals surface area (Å²) in [7, 11) is 0. The molecule has 0 aromatic heterocycles. The van der Waals surface area contributed by atoms with Crippen LogP contribution in [-0.2, 0) is 14.3 Å². The van der Waals surface area contributed by atoms with Gasteiger partial charge >= 0.3 is 5.97 Å². The maximum absolute atomic E-state index is 12.5. The maximum Gasteiger partial charge on any atom is 0.305 e. The van der Waals surface area contributed by atoms with Crippen molar-refractivity contribution in [1.29, 1.82) is 0 Å². The number of hydrogen-bond donors (Lipinski definition) is 3.